The van der Waals surface area contributed by atoms with E-state index < -0.39 is 0 Å². The number of hydrogen-bond donors (Lipinski definition) is 2. The van der Waals surface area contributed by atoms with Crippen LogP contribution in [-0.4, -0.2) is 77.1 Å². The highest BCUT2D eigenvalue weighted by atomic mass is 16.5. The average Bonchev–Trinajstić information content (AvgIpc) is 3.59. The summed E-state index contributed by atoms with van der Waals surface area (Å²) in [6, 6.07) is 8.33. The van der Waals surface area contributed by atoms with Crippen molar-refractivity contribution < 1.29 is 9.53 Å². The number of likely N-dealkylation sites (N-methyl/N-ethyl adjacent to an activating group) is 1. The maximum absolute atomic E-state index is 12.5. The Bertz CT molecular complexity index is 1510. The standard InChI is InChI=1S/C30H37N9O2/c1-7-26(40)34-20-12-21(25(41-6)13-23(20)38-11-10-19-14-37(5)15-24(19)38)35-28-31-17-32-29(36-28)39-16-30(3,4)27-22(39)9-8-18(2)33-27/h7-9,12-13,17,19,24H,1,10-11,14-16H2,2-6H3,(H,34,40)(H,31,32,35,36)/t19-,24?/m1/s1. The molecular weight excluding hydrogens is 518 g/mol. The number of nitrogens with zero attached hydrogens (tertiary/aromatic N) is 7. The molecular formula is C30H37N9O2. The average molecular weight is 556 g/mol. The summed E-state index contributed by atoms with van der Waals surface area (Å²) in [7, 11) is 3.80. The lowest BCUT2D eigenvalue weighted by Gasteiger charge is -2.29. The van der Waals surface area contributed by atoms with Crippen molar-refractivity contribution >= 4 is 40.6 Å². The van der Waals surface area contributed by atoms with E-state index in [1.807, 2.05) is 25.1 Å². The highest BCUT2D eigenvalue weighted by Gasteiger charge is 2.41. The topological polar surface area (TPSA) is 112 Å². The van der Waals surface area contributed by atoms with Crippen LogP contribution in [0.1, 0.15) is 31.7 Å². The third kappa shape index (κ3) is 4.94. The van der Waals surface area contributed by atoms with Crippen LogP contribution in [-0.2, 0) is 10.2 Å². The van der Waals surface area contributed by atoms with Crippen molar-refractivity contribution in [3.05, 3.63) is 54.6 Å². The van der Waals surface area contributed by atoms with Gasteiger partial charge in [-0.3, -0.25) is 9.78 Å². The highest BCUT2D eigenvalue weighted by molar-refractivity contribution is 6.02. The second-order valence-corrected chi connectivity index (χ2v) is 11.8. The van der Waals surface area contributed by atoms with E-state index >= 15 is 0 Å². The summed E-state index contributed by atoms with van der Waals surface area (Å²) >= 11 is 0. The molecule has 3 aromatic rings. The molecule has 41 heavy (non-hydrogen) atoms. The molecule has 11 heteroatoms. The molecule has 11 nitrogen and oxygen atoms in total. The number of rotatable bonds is 7. The fourth-order valence-electron chi connectivity index (χ4n) is 6.43. The van der Waals surface area contributed by atoms with E-state index in [1.54, 1.807) is 7.11 Å². The van der Waals surface area contributed by atoms with Crippen LogP contribution < -0.4 is 25.2 Å². The molecule has 1 amide bonds. The Balaban J connectivity index is 1.34. The van der Waals surface area contributed by atoms with Crippen molar-refractivity contribution in [3.63, 3.8) is 0 Å². The van der Waals surface area contributed by atoms with Gasteiger partial charge in [0, 0.05) is 49.4 Å². The molecule has 5 heterocycles. The summed E-state index contributed by atoms with van der Waals surface area (Å²) in [6.07, 6.45) is 3.89. The van der Waals surface area contributed by atoms with Crippen molar-refractivity contribution in [1.29, 1.82) is 0 Å². The first-order valence-electron chi connectivity index (χ1n) is 14.0. The summed E-state index contributed by atoms with van der Waals surface area (Å²) < 4.78 is 5.83. The molecule has 1 aromatic carbocycles. The Kier molecular flexibility index (Phi) is 6.77. The number of hydrogen-bond acceptors (Lipinski definition) is 10. The minimum Gasteiger partial charge on any atom is -0.494 e. The van der Waals surface area contributed by atoms with Gasteiger partial charge in [0.25, 0.3) is 0 Å². The fraction of sp³-hybridized carbons (Fsp3) is 0.433. The number of carbonyl (C=O) groups excluding carboxylic acids is 1. The zero-order valence-electron chi connectivity index (χ0n) is 24.3. The van der Waals surface area contributed by atoms with Crippen molar-refractivity contribution in [3.8, 4) is 5.75 Å². The predicted octanol–water partition coefficient (Wildman–Crippen LogP) is 4.02. The number of ether oxygens (including phenoxy) is 1. The molecule has 2 fully saturated rings. The van der Waals surface area contributed by atoms with Crippen molar-refractivity contribution in [2.24, 2.45) is 5.92 Å². The van der Waals surface area contributed by atoms with Crippen LogP contribution in [0.5, 0.6) is 5.75 Å². The molecule has 3 aliphatic rings. The lowest BCUT2D eigenvalue weighted by molar-refractivity contribution is -0.111. The lowest BCUT2D eigenvalue weighted by atomic mass is 9.91. The molecule has 3 aliphatic heterocycles. The van der Waals surface area contributed by atoms with Crippen LogP contribution >= 0.6 is 0 Å². The molecule has 0 aliphatic carbocycles. The van der Waals surface area contributed by atoms with Crippen LogP contribution in [0.25, 0.3) is 0 Å². The van der Waals surface area contributed by atoms with Crippen LogP contribution in [0, 0.1) is 12.8 Å². The smallest absolute Gasteiger partial charge is 0.247 e. The third-order valence-corrected chi connectivity index (χ3v) is 8.35. The van der Waals surface area contributed by atoms with Gasteiger partial charge in [0.2, 0.25) is 17.8 Å². The van der Waals surface area contributed by atoms with Crippen LogP contribution in [0.3, 0.4) is 0 Å². The number of aromatic nitrogens is 4. The summed E-state index contributed by atoms with van der Waals surface area (Å²) in [5.74, 6) is 1.86. The number of methoxy groups -OCH3 is 1. The van der Waals surface area contributed by atoms with Gasteiger partial charge >= 0.3 is 0 Å². The monoisotopic (exact) mass is 555 g/mol. The Morgan fingerprint density at radius 2 is 1.98 bits per heavy atom. The molecule has 0 bridgehead atoms. The maximum atomic E-state index is 12.5. The molecule has 2 aromatic heterocycles. The van der Waals surface area contributed by atoms with Gasteiger partial charge in [0.1, 0.15) is 12.1 Å². The first-order chi connectivity index (χ1) is 19.7. The number of aryl methyl sites for hydroxylation is 1. The number of pyridine rings is 1. The highest BCUT2D eigenvalue weighted by Crippen LogP contribution is 2.44. The summed E-state index contributed by atoms with van der Waals surface area (Å²) in [5, 5.41) is 6.32. The number of amides is 1. The Labute approximate surface area is 240 Å². The quantitative estimate of drug-likeness (QED) is 0.415. The summed E-state index contributed by atoms with van der Waals surface area (Å²) in [4.78, 5) is 37.8. The Morgan fingerprint density at radius 1 is 1.15 bits per heavy atom. The van der Waals surface area contributed by atoms with Crippen LogP contribution in [0.2, 0.25) is 0 Å². The first kappa shape index (κ1) is 26.9. The second kappa shape index (κ2) is 10.3. The van der Waals surface area contributed by atoms with Gasteiger partial charge in [-0.2, -0.15) is 4.98 Å². The van der Waals surface area contributed by atoms with E-state index in [0.29, 0.717) is 47.5 Å². The SMILES string of the molecule is C=CC(=O)Nc1cc(Nc2ncnc(N3CC(C)(C)c4nc(C)ccc43)n2)c(OC)cc1N1CC[C@@H]2CN(C)CC21. The van der Waals surface area contributed by atoms with Gasteiger partial charge in [-0.25, -0.2) is 9.97 Å². The minimum atomic E-state index is -0.275. The lowest BCUT2D eigenvalue weighted by Crippen LogP contribution is -2.35. The second-order valence-electron chi connectivity index (χ2n) is 11.8. The Hall–Kier alpha value is -4.25. The number of carbonyl (C=O) groups is 1. The van der Waals surface area contributed by atoms with Gasteiger partial charge in [-0.15, -0.1) is 0 Å². The summed E-state index contributed by atoms with van der Waals surface area (Å²) in [6.45, 7) is 13.7. The van der Waals surface area contributed by atoms with Gasteiger partial charge in [-0.05, 0) is 50.6 Å². The number of nitrogens with one attached hydrogen (secondary N) is 2. The van der Waals surface area contributed by atoms with E-state index in [0.717, 1.165) is 48.8 Å². The van der Waals surface area contributed by atoms with Crippen molar-refractivity contribution in [2.75, 3.05) is 60.8 Å². The van der Waals surface area contributed by atoms with Gasteiger partial charge < -0.3 is 30.1 Å². The van der Waals surface area contributed by atoms with E-state index in [1.165, 1.54) is 12.4 Å². The first-order valence-corrected chi connectivity index (χ1v) is 14.0. The van der Waals surface area contributed by atoms with Gasteiger partial charge in [0.15, 0.2) is 0 Å². The van der Waals surface area contributed by atoms with E-state index in [9.17, 15) is 4.79 Å². The molecule has 2 saturated heterocycles. The fourth-order valence-corrected chi connectivity index (χ4v) is 6.43. The molecule has 0 saturated carbocycles. The van der Waals surface area contributed by atoms with Crippen molar-refractivity contribution in [1.82, 2.24) is 24.8 Å². The van der Waals surface area contributed by atoms with Crippen LogP contribution in [0.4, 0.5) is 34.6 Å². The molecule has 6 rings (SSSR count). The van der Waals surface area contributed by atoms with Crippen LogP contribution in [0.15, 0.2) is 43.2 Å². The molecule has 1 unspecified atom stereocenters. The largest absolute Gasteiger partial charge is 0.494 e. The zero-order chi connectivity index (χ0) is 28.9. The number of anilines is 6. The molecule has 2 N–H and O–H groups in total. The number of fused-ring (bicyclic) bond motifs is 2. The molecule has 0 spiro atoms. The number of benzene rings is 1. The predicted molar refractivity (Wildman–Crippen MR) is 161 cm³/mol. The third-order valence-electron chi connectivity index (χ3n) is 8.35. The van der Waals surface area contributed by atoms with E-state index in [2.05, 4.69) is 68.8 Å². The van der Waals surface area contributed by atoms with E-state index in [4.69, 9.17) is 14.7 Å². The van der Waals surface area contributed by atoms with Crippen molar-refractivity contribution in [2.45, 2.75) is 38.6 Å². The number of likely N-dealkylation sites (tertiary alicyclic amines) is 1. The van der Waals surface area contributed by atoms with E-state index in [-0.39, 0.29) is 11.3 Å². The Morgan fingerprint density at radius 3 is 2.76 bits per heavy atom. The summed E-state index contributed by atoms with van der Waals surface area (Å²) in [5.41, 5.74) is 5.10. The van der Waals surface area contributed by atoms with Gasteiger partial charge in [-0.1, -0.05) is 20.4 Å². The zero-order valence-corrected chi connectivity index (χ0v) is 24.3. The maximum Gasteiger partial charge on any atom is 0.247 e. The molecule has 214 valence electrons. The molecule has 0 radical (unpaired) electrons. The minimum absolute atomic E-state index is 0.151. The van der Waals surface area contributed by atoms with Gasteiger partial charge in [0.05, 0.1) is 35.6 Å². The molecule has 2 atom stereocenters. The normalized spacial score (nSPS) is 21.0.